The molecule has 12 heavy (non-hydrogen) atoms. The summed E-state index contributed by atoms with van der Waals surface area (Å²) in [5.74, 6) is 0. The number of para-hydroxylation sites is 1. The fourth-order valence-electron chi connectivity index (χ4n) is 0.862. The molecule has 0 aliphatic carbocycles. The van der Waals surface area contributed by atoms with Crippen LogP contribution in [0.1, 0.15) is 6.92 Å². The van der Waals surface area contributed by atoms with E-state index in [-0.39, 0.29) is 6.10 Å². The lowest BCUT2D eigenvalue weighted by Gasteiger charge is -2.09. The molecule has 66 valence electrons. The van der Waals surface area contributed by atoms with Crippen LogP contribution in [-0.2, 0) is 0 Å². The first-order valence-corrected chi connectivity index (χ1v) is 4.66. The van der Waals surface area contributed by atoms with Crippen molar-refractivity contribution >= 4 is 21.6 Å². The first-order chi connectivity index (χ1) is 5.70. The van der Waals surface area contributed by atoms with Crippen molar-refractivity contribution < 1.29 is 5.11 Å². The summed E-state index contributed by atoms with van der Waals surface area (Å²) in [6.07, 6.45) is -0.322. The van der Waals surface area contributed by atoms with Gasteiger partial charge in [-0.3, -0.25) is 0 Å². The minimum absolute atomic E-state index is 0.322. The number of nitrogens with one attached hydrogen (secondary N) is 1. The fraction of sp³-hybridized carbons (Fsp3) is 0.333. The summed E-state index contributed by atoms with van der Waals surface area (Å²) >= 11 is 3.40. The van der Waals surface area contributed by atoms with Crippen LogP contribution in [0.25, 0.3) is 0 Å². The van der Waals surface area contributed by atoms with Crippen LogP contribution >= 0.6 is 15.9 Å². The number of hydrogen-bond donors (Lipinski definition) is 2. The van der Waals surface area contributed by atoms with E-state index in [1.807, 2.05) is 24.3 Å². The van der Waals surface area contributed by atoms with E-state index in [9.17, 15) is 0 Å². The Morgan fingerprint density at radius 3 is 2.75 bits per heavy atom. The Morgan fingerprint density at radius 1 is 1.50 bits per heavy atom. The molecule has 1 aromatic carbocycles. The monoisotopic (exact) mass is 229 g/mol. The fourth-order valence-corrected chi connectivity index (χ4v) is 1.29. The number of anilines is 1. The summed E-state index contributed by atoms with van der Waals surface area (Å²) in [7, 11) is 0. The summed E-state index contributed by atoms with van der Waals surface area (Å²) < 4.78 is 1.02. The summed E-state index contributed by atoms with van der Waals surface area (Å²) in [5, 5.41) is 12.1. The Labute approximate surface area is 80.7 Å². The average Bonchev–Trinajstić information content (AvgIpc) is 2.03. The highest BCUT2D eigenvalue weighted by atomic mass is 79.9. The maximum atomic E-state index is 9.03. The highest BCUT2D eigenvalue weighted by Gasteiger charge is 1.98. The van der Waals surface area contributed by atoms with Crippen LogP contribution in [0.5, 0.6) is 0 Å². The van der Waals surface area contributed by atoms with Crippen molar-refractivity contribution in [2.75, 3.05) is 11.9 Å². The zero-order valence-corrected chi connectivity index (χ0v) is 8.51. The van der Waals surface area contributed by atoms with Crippen molar-refractivity contribution in [1.29, 1.82) is 0 Å². The predicted molar refractivity (Wildman–Crippen MR) is 54.3 cm³/mol. The minimum Gasteiger partial charge on any atom is -0.392 e. The van der Waals surface area contributed by atoms with Crippen LogP contribution in [0.3, 0.4) is 0 Å². The number of rotatable bonds is 3. The number of halogens is 1. The minimum atomic E-state index is -0.322. The predicted octanol–water partition coefficient (Wildman–Crippen LogP) is 2.24. The Bertz CT molecular complexity index is 250. The second kappa shape index (κ2) is 4.48. The third kappa shape index (κ3) is 2.83. The molecule has 3 heteroatoms. The van der Waals surface area contributed by atoms with Gasteiger partial charge in [-0.2, -0.15) is 0 Å². The van der Waals surface area contributed by atoms with Gasteiger partial charge >= 0.3 is 0 Å². The lowest BCUT2D eigenvalue weighted by Crippen LogP contribution is -2.15. The van der Waals surface area contributed by atoms with Crippen LogP contribution in [-0.4, -0.2) is 17.8 Å². The zero-order chi connectivity index (χ0) is 8.97. The molecule has 0 radical (unpaired) electrons. The first kappa shape index (κ1) is 9.55. The molecule has 0 aromatic heterocycles. The van der Waals surface area contributed by atoms with Gasteiger partial charge in [0.15, 0.2) is 0 Å². The molecule has 0 saturated carbocycles. The van der Waals surface area contributed by atoms with Gasteiger partial charge in [0.25, 0.3) is 0 Å². The molecule has 0 amide bonds. The van der Waals surface area contributed by atoms with Gasteiger partial charge in [0, 0.05) is 16.7 Å². The number of benzene rings is 1. The maximum Gasteiger partial charge on any atom is 0.0684 e. The highest BCUT2D eigenvalue weighted by molar-refractivity contribution is 9.10. The molecule has 1 atom stereocenters. The molecule has 0 aliphatic rings. The average molecular weight is 230 g/mol. The molecule has 1 unspecified atom stereocenters. The summed E-state index contributed by atoms with van der Waals surface area (Å²) in [4.78, 5) is 0. The van der Waals surface area contributed by atoms with Crippen LogP contribution in [0, 0.1) is 0 Å². The van der Waals surface area contributed by atoms with Crippen molar-refractivity contribution in [1.82, 2.24) is 0 Å². The molecule has 2 nitrogen and oxygen atoms in total. The largest absolute Gasteiger partial charge is 0.392 e. The molecule has 0 saturated heterocycles. The second-order valence-electron chi connectivity index (χ2n) is 2.71. The van der Waals surface area contributed by atoms with Crippen LogP contribution in [0.2, 0.25) is 0 Å². The molecule has 1 aromatic rings. The van der Waals surface area contributed by atoms with E-state index in [0.717, 1.165) is 10.2 Å². The van der Waals surface area contributed by atoms with Crippen molar-refractivity contribution in [2.24, 2.45) is 0 Å². The normalized spacial score (nSPS) is 12.6. The smallest absolute Gasteiger partial charge is 0.0684 e. The number of aliphatic hydroxyl groups excluding tert-OH is 1. The topological polar surface area (TPSA) is 32.3 Å². The molecular formula is C9H12BrNO. The van der Waals surface area contributed by atoms with E-state index in [4.69, 9.17) is 5.11 Å². The van der Waals surface area contributed by atoms with E-state index < -0.39 is 0 Å². The molecule has 0 spiro atoms. The third-order valence-electron chi connectivity index (χ3n) is 1.46. The molecule has 0 aliphatic heterocycles. The Morgan fingerprint density at radius 2 is 2.17 bits per heavy atom. The highest BCUT2D eigenvalue weighted by Crippen LogP contribution is 2.20. The summed E-state index contributed by atoms with van der Waals surface area (Å²) in [6.45, 7) is 2.33. The van der Waals surface area contributed by atoms with E-state index in [0.29, 0.717) is 6.54 Å². The third-order valence-corrected chi connectivity index (χ3v) is 2.15. The first-order valence-electron chi connectivity index (χ1n) is 3.86. The lowest BCUT2D eigenvalue weighted by atomic mass is 10.3. The van der Waals surface area contributed by atoms with E-state index in [2.05, 4.69) is 21.2 Å². The molecule has 1 rings (SSSR count). The van der Waals surface area contributed by atoms with Gasteiger partial charge in [0.2, 0.25) is 0 Å². The van der Waals surface area contributed by atoms with Gasteiger partial charge in [0.05, 0.1) is 6.10 Å². The Kier molecular flexibility index (Phi) is 3.56. The molecule has 0 fully saturated rings. The maximum absolute atomic E-state index is 9.03. The second-order valence-corrected chi connectivity index (χ2v) is 3.56. The van der Waals surface area contributed by atoms with Gasteiger partial charge in [-0.25, -0.2) is 0 Å². The van der Waals surface area contributed by atoms with Gasteiger partial charge in [-0.1, -0.05) is 12.1 Å². The summed E-state index contributed by atoms with van der Waals surface area (Å²) in [5.41, 5.74) is 1.01. The van der Waals surface area contributed by atoms with Gasteiger partial charge < -0.3 is 10.4 Å². The number of hydrogen-bond acceptors (Lipinski definition) is 2. The molecular weight excluding hydrogens is 218 g/mol. The molecule has 0 heterocycles. The SMILES string of the molecule is CC(O)CNc1ccccc1Br. The Balaban J connectivity index is 2.57. The van der Waals surface area contributed by atoms with E-state index in [1.165, 1.54) is 0 Å². The quantitative estimate of drug-likeness (QED) is 0.834. The van der Waals surface area contributed by atoms with Crippen molar-refractivity contribution in [3.8, 4) is 0 Å². The van der Waals surface area contributed by atoms with E-state index in [1.54, 1.807) is 6.92 Å². The van der Waals surface area contributed by atoms with Gasteiger partial charge in [-0.15, -0.1) is 0 Å². The zero-order valence-electron chi connectivity index (χ0n) is 6.92. The van der Waals surface area contributed by atoms with Gasteiger partial charge in [0.1, 0.15) is 0 Å². The summed E-state index contributed by atoms with van der Waals surface area (Å²) in [6, 6.07) is 7.84. The van der Waals surface area contributed by atoms with Crippen LogP contribution in [0.15, 0.2) is 28.7 Å². The molecule has 2 N–H and O–H groups in total. The van der Waals surface area contributed by atoms with E-state index >= 15 is 0 Å². The molecule has 0 bridgehead atoms. The van der Waals surface area contributed by atoms with Crippen LogP contribution in [0.4, 0.5) is 5.69 Å². The van der Waals surface area contributed by atoms with Crippen molar-refractivity contribution in [3.63, 3.8) is 0 Å². The Hall–Kier alpha value is -0.540. The van der Waals surface area contributed by atoms with Crippen LogP contribution < -0.4 is 5.32 Å². The number of aliphatic hydroxyl groups is 1. The standard InChI is InChI=1S/C9H12BrNO/c1-7(12)6-11-9-5-3-2-4-8(9)10/h2-5,7,11-12H,6H2,1H3. The van der Waals surface area contributed by atoms with Crippen molar-refractivity contribution in [2.45, 2.75) is 13.0 Å². The lowest BCUT2D eigenvalue weighted by molar-refractivity contribution is 0.208. The van der Waals surface area contributed by atoms with Gasteiger partial charge in [-0.05, 0) is 35.0 Å². The van der Waals surface area contributed by atoms with Crippen molar-refractivity contribution in [3.05, 3.63) is 28.7 Å².